The molecule has 0 heterocycles. The molecule has 2 aromatic rings. The van der Waals surface area contributed by atoms with Crippen molar-refractivity contribution in [1.29, 1.82) is 0 Å². The van der Waals surface area contributed by atoms with Gasteiger partial charge in [0.15, 0.2) is 0 Å². The van der Waals surface area contributed by atoms with E-state index in [4.69, 9.17) is 19.9 Å². The summed E-state index contributed by atoms with van der Waals surface area (Å²) in [6.45, 7) is 5.09. The van der Waals surface area contributed by atoms with Crippen molar-refractivity contribution < 1.29 is 24.1 Å². The van der Waals surface area contributed by atoms with Gasteiger partial charge in [0.1, 0.15) is 23.4 Å². The van der Waals surface area contributed by atoms with E-state index in [1.54, 1.807) is 19.1 Å². The van der Waals surface area contributed by atoms with Crippen LogP contribution in [0.15, 0.2) is 42.5 Å². The maximum Gasteiger partial charge on any atom is 0.315 e. The standard InChI is InChI=1S/C27H40N2O5/c1-5-7-8-21(25-14-13-24(32-3)17-26(25)33-4)15-16-29(27(28)31)18-20-9-11-23(12-10-20)34-22(6-2)19-30/h9-14,17,21-22,30H,5-8,15-16,18-19H2,1-4H3,(H2,28,31). The Morgan fingerprint density at radius 1 is 1.03 bits per heavy atom. The molecule has 7 heteroatoms. The van der Waals surface area contributed by atoms with E-state index in [1.165, 1.54) is 0 Å². The normalized spacial score (nSPS) is 12.6. The van der Waals surface area contributed by atoms with Crippen LogP contribution in [0.3, 0.4) is 0 Å². The molecule has 0 saturated heterocycles. The van der Waals surface area contributed by atoms with Crippen molar-refractivity contribution in [3.8, 4) is 17.2 Å². The van der Waals surface area contributed by atoms with Crippen LogP contribution in [0.1, 0.15) is 63.0 Å². The van der Waals surface area contributed by atoms with Gasteiger partial charge in [-0.1, -0.05) is 44.9 Å². The first-order chi connectivity index (χ1) is 16.4. The molecule has 2 unspecified atom stereocenters. The van der Waals surface area contributed by atoms with Crippen LogP contribution in [-0.4, -0.2) is 49.5 Å². The summed E-state index contributed by atoms with van der Waals surface area (Å²) in [6.07, 6.45) is 4.47. The number of rotatable bonds is 15. The number of ether oxygens (including phenoxy) is 3. The molecule has 0 fully saturated rings. The van der Waals surface area contributed by atoms with E-state index in [0.717, 1.165) is 54.7 Å². The second-order valence-electron chi connectivity index (χ2n) is 8.47. The highest BCUT2D eigenvalue weighted by Gasteiger charge is 2.20. The molecule has 3 N–H and O–H groups in total. The zero-order valence-corrected chi connectivity index (χ0v) is 21.0. The molecule has 2 rings (SSSR count). The van der Waals surface area contributed by atoms with Gasteiger partial charge in [0.25, 0.3) is 0 Å². The van der Waals surface area contributed by atoms with E-state index < -0.39 is 6.03 Å². The molecule has 2 amide bonds. The van der Waals surface area contributed by atoms with Gasteiger partial charge in [-0.05, 0) is 54.5 Å². The third kappa shape index (κ3) is 8.13. The minimum Gasteiger partial charge on any atom is -0.497 e. The predicted octanol–water partition coefficient (Wildman–Crippen LogP) is 5.10. The van der Waals surface area contributed by atoms with E-state index in [0.29, 0.717) is 18.8 Å². The van der Waals surface area contributed by atoms with E-state index in [9.17, 15) is 9.90 Å². The Hall–Kier alpha value is -2.93. The number of hydrogen-bond acceptors (Lipinski definition) is 5. The van der Waals surface area contributed by atoms with Gasteiger partial charge in [0.2, 0.25) is 0 Å². The number of primary amides is 1. The van der Waals surface area contributed by atoms with Crippen LogP contribution < -0.4 is 19.9 Å². The van der Waals surface area contributed by atoms with Crippen LogP contribution in [0.5, 0.6) is 17.2 Å². The summed E-state index contributed by atoms with van der Waals surface area (Å²) in [5, 5.41) is 9.32. The molecule has 7 nitrogen and oxygen atoms in total. The maximum atomic E-state index is 12.2. The molecule has 0 radical (unpaired) electrons. The zero-order valence-electron chi connectivity index (χ0n) is 21.0. The second-order valence-corrected chi connectivity index (χ2v) is 8.47. The Labute approximate surface area is 203 Å². The first-order valence-electron chi connectivity index (χ1n) is 12.1. The number of methoxy groups -OCH3 is 2. The predicted molar refractivity (Wildman–Crippen MR) is 135 cm³/mol. The lowest BCUT2D eigenvalue weighted by molar-refractivity contribution is 0.112. The average Bonchev–Trinajstić information content (AvgIpc) is 2.86. The fourth-order valence-electron chi connectivity index (χ4n) is 3.98. The molecule has 0 aliphatic heterocycles. The van der Waals surface area contributed by atoms with E-state index in [1.807, 2.05) is 43.3 Å². The van der Waals surface area contributed by atoms with Crippen LogP contribution in [0.25, 0.3) is 0 Å². The number of urea groups is 1. The zero-order chi connectivity index (χ0) is 24.9. The van der Waals surface area contributed by atoms with Crippen LogP contribution in [-0.2, 0) is 6.54 Å². The van der Waals surface area contributed by atoms with Crippen molar-refractivity contribution in [2.45, 2.75) is 64.5 Å². The molecule has 2 aromatic carbocycles. The fourth-order valence-corrected chi connectivity index (χ4v) is 3.98. The van der Waals surface area contributed by atoms with Gasteiger partial charge in [-0.25, -0.2) is 4.79 Å². The highest BCUT2D eigenvalue weighted by Crippen LogP contribution is 2.35. The first kappa shape index (κ1) is 27.3. The number of benzene rings is 2. The number of nitrogens with two attached hydrogens (primary N) is 1. The van der Waals surface area contributed by atoms with Gasteiger partial charge >= 0.3 is 6.03 Å². The van der Waals surface area contributed by atoms with Crippen LogP contribution in [0.2, 0.25) is 0 Å². The summed E-state index contributed by atoms with van der Waals surface area (Å²) in [5.74, 6) is 2.49. The lowest BCUT2D eigenvalue weighted by atomic mass is 9.89. The molecule has 2 atom stereocenters. The van der Waals surface area contributed by atoms with Crippen molar-refractivity contribution in [3.05, 3.63) is 53.6 Å². The SMILES string of the molecule is CCCCC(CCN(Cc1ccc(OC(CC)CO)cc1)C(N)=O)c1ccc(OC)cc1OC. The Morgan fingerprint density at radius 2 is 1.74 bits per heavy atom. The Bertz CT molecular complexity index is 868. The summed E-state index contributed by atoms with van der Waals surface area (Å²) in [6, 6.07) is 13.0. The smallest absolute Gasteiger partial charge is 0.315 e. The number of carbonyl (C=O) groups excluding carboxylic acids is 1. The Balaban J connectivity index is 2.10. The van der Waals surface area contributed by atoms with E-state index in [2.05, 4.69) is 13.0 Å². The number of nitrogens with zero attached hydrogens (tertiary/aromatic N) is 1. The van der Waals surface area contributed by atoms with Gasteiger partial charge in [-0.2, -0.15) is 0 Å². The van der Waals surface area contributed by atoms with Gasteiger partial charge in [-0.15, -0.1) is 0 Å². The fraction of sp³-hybridized carbons (Fsp3) is 0.519. The molecule has 188 valence electrons. The van der Waals surface area contributed by atoms with Crippen molar-refractivity contribution in [2.24, 2.45) is 5.73 Å². The molecule has 0 aliphatic carbocycles. The van der Waals surface area contributed by atoms with E-state index >= 15 is 0 Å². The average molecular weight is 473 g/mol. The number of aliphatic hydroxyl groups is 1. The summed E-state index contributed by atoms with van der Waals surface area (Å²) in [5.41, 5.74) is 7.82. The third-order valence-corrected chi connectivity index (χ3v) is 6.10. The maximum absolute atomic E-state index is 12.2. The molecule has 0 saturated carbocycles. The van der Waals surface area contributed by atoms with Gasteiger partial charge in [0, 0.05) is 19.2 Å². The first-order valence-corrected chi connectivity index (χ1v) is 12.1. The Kier molecular flexibility index (Phi) is 11.5. The number of amides is 2. The second kappa shape index (κ2) is 14.4. The van der Waals surface area contributed by atoms with Crippen molar-refractivity contribution in [2.75, 3.05) is 27.4 Å². The van der Waals surface area contributed by atoms with E-state index in [-0.39, 0.29) is 18.6 Å². The quantitative estimate of drug-likeness (QED) is 0.376. The van der Waals surface area contributed by atoms with Crippen LogP contribution >= 0.6 is 0 Å². The third-order valence-electron chi connectivity index (χ3n) is 6.10. The van der Waals surface area contributed by atoms with Crippen molar-refractivity contribution in [1.82, 2.24) is 4.90 Å². The number of unbranched alkanes of at least 4 members (excludes halogenated alkanes) is 1. The van der Waals surface area contributed by atoms with Gasteiger partial charge < -0.3 is 30.0 Å². The molecule has 34 heavy (non-hydrogen) atoms. The molecular weight excluding hydrogens is 432 g/mol. The summed E-state index contributed by atoms with van der Waals surface area (Å²) in [4.78, 5) is 13.9. The van der Waals surface area contributed by atoms with Crippen molar-refractivity contribution >= 4 is 6.03 Å². The van der Waals surface area contributed by atoms with Crippen LogP contribution in [0.4, 0.5) is 4.79 Å². The molecule has 0 bridgehead atoms. The largest absolute Gasteiger partial charge is 0.497 e. The molecule has 0 spiro atoms. The van der Waals surface area contributed by atoms with Gasteiger partial charge in [0.05, 0.1) is 20.8 Å². The molecular formula is C27H40N2O5. The Morgan fingerprint density at radius 3 is 2.29 bits per heavy atom. The monoisotopic (exact) mass is 472 g/mol. The number of carbonyl (C=O) groups is 1. The summed E-state index contributed by atoms with van der Waals surface area (Å²) in [7, 11) is 3.31. The van der Waals surface area contributed by atoms with Gasteiger partial charge in [-0.3, -0.25) is 0 Å². The summed E-state index contributed by atoms with van der Waals surface area (Å²) >= 11 is 0. The molecule has 0 aliphatic rings. The summed E-state index contributed by atoms with van der Waals surface area (Å²) < 4.78 is 16.7. The lowest BCUT2D eigenvalue weighted by Gasteiger charge is -2.25. The number of hydrogen-bond donors (Lipinski definition) is 2. The highest BCUT2D eigenvalue weighted by atomic mass is 16.5. The molecule has 0 aromatic heterocycles. The van der Waals surface area contributed by atoms with Crippen molar-refractivity contribution in [3.63, 3.8) is 0 Å². The lowest BCUT2D eigenvalue weighted by Crippen LogP contribution is -2.36. The minimum atomic E-state index is -0.442. The van der Waals surface area contributed by atoms with Crippen LogP contribution in [0, 0.1) is 0 Å². The topological polar surface area (TPSA) is 94.2 Å². The highest BCUT2D eigenvalue weighted by molar-refractivity contribution is 5.72. The minimum absolute atomic E-state index is 0.0219. The number of aliphatic hydroxyl groups excluding tert-OH is 1.